The summed E-state index contributed by atoms with van der Waals surface area (Å²) < 4.78 is -3.34. The molecule has 0 radical (unpaired) electrons. The van der Waals surface area contributed by atoms with Crippen molar-refractivity contribution in [3.05, 3.63) is 10.1 Å². The van der Waals surface area contributed by atoms with Crippen LogP contribution in [-0.4, -0.2) is 19.4 Å². The van der Waals surface area contributed by atoms with Gasteiger partial charge in [0, 0.05) is 21.7 Å². The molecule has 1 saturated carbocycles. The molecule has 2 aliphatic carbocycles. The monoisotopic (exact) mass is 408 g/mol. The Bertz CT molecular complexity index is 417. The van der Waals surface area contributed by atoms with E-state index in [0.29, 0.717) is 0 Å². The lowest BCUT2D eigenvalue weighted by Gasteiger charge is -2.43. The predicted octanol–water partition coefficient (Wildman–Crippen LogP) is 6.28. The van der Waals surface area contributed by atoms with Gasteiger partial charge in [-0.15, -0.1) is 23.2 Å². The van der Waals surface area contributed by atoms with Gasteiger partial charge >= 0.3 is 0 Å². The van der Waals surface area contributed by atoms with Crippen molar-refractivity contribution in [1.29, 1.82) is 0 Å². The molecule has 0 N–H and O–H groups in total. The normalized spacial score (nSPS) is 49.0. The highest BCUT2D eigenvalue weighted by Crippen LogP contribution is 2.85. The summed E-state index contributed by atoms with van der Waals surface area (Å²) in [6.07, 6.45) is 0. The third-order valence-corrected chi connectivity index (χ3v) is 10.2. The van der Waals surface area contributed by atoms with E-state index in [0.717, 1.165) is 0 Å². The molecule has 0 saturated heterocycles. The third kappa shape index (κ3) is 1.20. The van der Waals surface area contributed by atoms with Gasteiger partial charge < -0.3 is 0 Å². The van der Waals surface area contributed by atoms with Crippen LogP contribution >= 0.6 is 92.8 Å². The highest BCUT2D eigenvalue weighted by Gasteiger charge is 2.89. The van der Waals surface area contributed by atoms with Crippen molar-refractivity contribution in [2.24, 2.45) is 10.8 Å². The Morgan fingerprint density at radius 3 is 1.56 bits per heavy atom. The van der Waals surface area contributed by atoms with E-state index in [1.165, 1.54) is 0 Å². The summed E-state index contributed by atoms with van der Waals surface area (Å²) in [5.74, 6) is 0.0990. The molecule has 2 aliphatic rings. The van der Waals surface area contributed by atoms with Crippen molar-refractivity contribution >= 4 is 92.8 Å². The fraction of sp³-hybridized carbons (Fsp3) is 0.800. The molecule has 104 valence electrons. The Kier molecular flexibility index (Phi) is 3.72. The predicted molar refractivity (Wildman–Crippen MR) is 83.1 cm³/mol. The van der Waals surface area contributed by atoms with Crippen LogP contribution in [0, 0.1) is 10.8 Å². The van der Waals surface area contributed by atoms with E-state index in [9.17, 15) is 0 Å². The summed E-state index contributed by atoms with van der Waals surface area (Å²) in [6, 6.07) is 0. The van der Waals surface area contributed by atoms with Crippen LogP contribution in [0.5, 0.6) is 0 Å². The third-order valence-electron chi connectivity index (χ3n) is 4.52. The number of fused-ring (bicyclic) bond motifs is 2. The molecule has 0 spiro atoms. The van der Waals surface area contributed by atoms with Crippen LogP contribution in [0.25, 0.3) is 0 Å². The molecule has 0 aromatic heterocycles. The number of alkyl halides is 6. The van der Waals surface area contributed by atoms with Crippen LogP contribution in [0.2, 0.25) is 0 Å². The Morgan fingerprint density at radius 2 is 1.28 bits per heavy atom. The van der Waals surface area contributed by atoms with Crippen molar-refractivity contribution in [3.8, 4) is 0 Å². The first-order valence-corrected chi connectivity index (χ1v) is 8.12. The van der Waals surface area contributed by atoms with Gasteiger partial charge in [0.2, 0.25) is 0 Å². The highest BCUT2D eigenvalue weighted by molar-refractivity contribution is 6.69. The second-order valence-electron chi connectivity index (χ2n) is 5.03. The van der Waals surface area contributed by atoms with Gasteiger partial charge in [-0.1, -0.05) is 83.5 Å². The van der Waals surface area contributed by atoms with E-state index in [1.807, 2.05) is 0 Å². The number of hydrogen-bond donors (Lipinski definition) is 0. The molecule has 0 heterocycles. The standard InChI is InChI=1S/C10H8Cl8/c1-6(3-11)7(2)4(12)5(13)8(6,14)10(17,18)9(7,15)16/h3H2,1-2H3. The minimum absolute atomic E-state index is 0.0990. The maximum absolute atomic E-state index is 6.62. The molecule has 3 atom stereocenters. The molecule has 2 bridgehead atoms. The van der Waals surface area contributed by atoms with Gasteiger partial charge in [0.05, 0.1) is 5.03 Å². The van der Waals surface area contributed by atoms with Gasteiger partial charge in [-0.3, -0.25) is 0 Å². The zero-order valence-electron chi connectivity index (χ0n) is 9.23. The molecular formula is C10H8Cl8. The fourth-order valence-corrected chi connectivity index (χ4v) is 7.20. The first kappa shape index (κ1) is 16.4. The van der Waals surface area contributed by atoms with E-state index >= 15 is 0 Å². The molecule has 2 rings (SSSR count). The lowest BCUT2D eigenvalue weighted by atomic mass is 9.69. The van der Waals surface area contributed by atoms with Crippen molar-refractivity contribution in [2.75, 3.05) is 5.88 Å². The average molecular weight is 412 g/mol. The summed E-state index contributed by atoms with van der Waals surface area (Å²) in [4.78, 5) is -1.44. The molecule has 0 nitrogen and oxygen atoms in total. The second-order valence-corrected chi connectivity index (χ2v) is 9.27. The smallest absolute Gasteiger partial charge is 0.126 e. The molecule has 0 amide bonds. The molecule has 0 aliphatic heterocycles. The Labute approximate surface area is 146 Å². The molecule has 0 aromatic carbocycles. The van der Waals surface area contributed by atoms with Gasteiger partial charge in [0.15, 0.2) is 8.67 Å². The van der Waals surface area contributed by atoms with Crippen LogP contribution in [0.15, 0.2) is 10.1 Å². The average Bonchev–Trinajstić information content (AvgIpc) is 2.45. The van der Waals surface area contributed by atoms with Crippen LogP contribution < -0.4 is 0 Å². The molecule has 1 fully saturated rings. The van der Waals surface area contributed by atoms with Crippen LogP contribution in [0.1, 0.15) is 13.8 Å². The lowest BCUT2D eigenvalue weighted by molar-refractivity contribution is 0.186. The van der Waals surface area contributed by atoms with Crippen molar-refractivity contribution in [1.82, 2.24) is 0 Å². The molecule has 8 heteroatoms. The maximum Gasteiger partial charge on any atom is 0.176 e. The van der Waals surface area contributed by atoms with E-state index in [1.54, 1.807) is 13.8 Å². The van der Waals surface area contributed by atoms with E-state index in [-0.39, 0.29) is 15.9 Å². The van der Waals surface area contributed by atoms with Crippen molar-refractivity contribution in [3.63, 3.8) is 0 Å². The number of hydrogen-bond acceptors (Lipinski definition) is 0. The fourth-order valence-electron chi connectivity index (χ4n) is 2.92. The van der Waals surface area contributed by atoms with E-state index < -0.39 is 24.4 Å². The zero-order chi connectivity index (χ0) is 14.4. The van der Waals surface area contributed by atoms with Gasteiger partial charge in [0.1, 0.15) is 4.87 Å². The maximum atomic E-state index is 6.62. The summed E-state index contributed by atoms with van der Waals surface area (Å²) in [5, 5.41) is 0.405. The summed E-state index contributed by atoms with van der Waals surface area (Å²) >= 11 is 50.7. The molecule has 18 heavy (non-hydrogen) atoms. The molecule has 3 unspecified atom stereocenters. The SMILES string of the molecule is CC1(CCl)C2(C)C(Cl)=C(Cl)C1(Cl)C(Cl)(Cl)C2(Cl)Cl. The quantitative estimate of drug-likeness (QED) is 0.445. The van der Waals surface area contributed by atoms with Gasteiger partial charge in [-0.2, -0.15) is 0 Å². The minimum Gasteiger partial charge on any atom is -0.126 e. The highest BCUT2D eigenvalue weighted by atomic mass is 35.5. The number of rotatable bonds is 1. The van der Waals surface area contributed by atoms with E-state index in [2.05, 4.69) is 0 Å². The van der Waals surface area contributed by atoms with Gasteiger partial charge in [0.25, 0.3) is 0 Å². The van der Waals surface area contributed by atoms with Crippen molar-refractivity contribution in [2.45, 2.75) is 27.4 Å². The van der Waals surface area contributed by atoms with Gasteiger partial charge in [-0.05, 0) is 0 Å². The first-order chi connectivity index (χ1) is 7.88. The number of allylic oxidation sites excluding steroid dienone is 2. The van der Waals surface area contributed by atoms with Gasteiger partial charge in [-0.25, -0.2) is 0 Å². The van der Waals surface area contributed by atoms with Crippen molar-refractivity contribution < 1.29 is 0 Å². The van der Waals surface area contributed by atoms with E-state index in [4.69, 9.17) is 92.8 Å². The zero-order valence-corrected chi connectivity index (χ0v) is 15.3. The largest absolute Gasteiger partial charge is 0.176 e. The first-order valence-electron chi connectivity index (χ1n) is 4.94. The molecule has 0 aromatic rings. The van der Waals surface area contributed by atoms with Crippen LogP contribution in [0.3, 0.4) is 0 Å². The second kappa shape index (κ2) is 4.07. The Hall–Kier alpha value is 2.06. The summed E-state index contributed by atoms with van der Waals surface area (Å²) in [6.45, 7) is 3.49. The Balaban J connectivity index is 2.93. The summed E-state index contributed by atoms with van der Waals surface area (Å²) in [7, 11) is 0. The Morgan fingerprint density at radius 1 is 0.833 bits per heavy atom. The minimum atomic E-state index is -1.72. The molecular weight excluding hydrogens is 404 g/mol. The lowest BCUT2D eigenvalue weighted by Crippen LogP contribution is -2.52. The van der Waals surface area contributed by atoms with Crippen LogP contribution in [0.4, 0.5) is 0 Å². The van der Waals surface area contributed by atoms with Crippen LogP contribution in [-0.2, 0) is 0 Å². The summed E-state index contributed by atoms with van der Waals surface area (Å²) in [5.41, 5.74) is -1.93. The topological polar surface area (TPSA) is 0 Å². The number of halogens is 8.